The highest BCUT2D eigenvalue weighted by molar-refractivity contribution is 9.10. The molecule has 1 atom stereocenters. The van der Waals surface area contributed by atoms with Gasteiger partial charge in [0.05, 0.1) is 54.3 Å². The van der Waals surface area contributed by atoms with Crippen LogP contribution in [-0.4, -0.2) is 45.1 Å². The molecule has 3 aromatic rings. The van der Waals surface area contributed by atoms with Crippen LogP contribution in [0.3, 0.4) is 0 Å². The van der Waals surface area contributed by atoms with Gasteiger partial charge in [0, 0.05) is 0 Å². The van der Waals surface area contributed by atoms with Crippen LogP contribution in [0.4, 0.5) is 0 Å². The number of fused-ring (bicyclic) bond motifs is 1. The van der Waals surface area contributed by atoms with Crippen LogP contribution in [0.5, 0.6) is 23.0 Å². The normalized spacial score (nSPS) is 14.8. The number of carbonyl (C=O) groups is 1. The molecule has 11 heteroatoms. The van der Waals surface area contributed by atoms with Gasteiger partial charge in [-0.1, -0.05) is 30.1 Å². The number of hydrogen-bond acceptors (Lipinski definition) is 9. The lowest BCUT2D eigenvalue weighted by atomic mass is 9.95. The fourth-order valence-corrected chi connectivity index (χ4v) is 6.01. The first-order valence-corrected chi connectivity index (χ1v) is 13.9. The molecule has 9 nitrogen and oxygen atoms in total. The van der Waals surface area contributed by atoms with Crippen LogP contribution in [0.25, 0.3) is 6.08 Å². The molecule has 2 heterocycles. The Morgan fingerprint density at radius 2 is 1.85 bits per heavy atom. The van der Waals surface area contributed by atoms with Gasteiger partial charge in [0.15, 0.2) is 27.8 Å². The van der Waals surface area contributed by atoms with Crippen molar-refractivity contribution in [1.82, 2.24) is 4.57 Å². The maximum atomic E-state index is 13.9. The van der Waals surface area contributed by atoms with Crippen molar-refractivity contribution in [2.24, 2.45) is 4.99 Å². The predicted octanol–water partition coefficient (Wildman–Crippen LogP) is 4.15. The number of carbonyl (C=O) groups excluding carboxylic acids is 1. The molecule has 0 saturated heterocycles. The molecular formula is C29H29BrN2O7S. The first-order valence-electron chi connectivity index (χ1n) is 12.3. The smallest absolute Gasteiger partial charge is 0.338 e. The minimum atomic E-state index is -0.784. The Labute approximate surface area is 243 Å². The number of esters is 1. The third kappa shape index (κ3) is 5.57. The number of rotatable bonds is 10. The monoisotopic (exact) mass is 628 g/mol. The molecule has 0 N–H and O–H groups in total. The van der Waals surface area contributed by atoms with Gasteiger partial charge in [-0.15, -0.1) is 0 Å². The molecule has 1 aliphatic rings. The summed E-state index contributed by atoms with van der Waals surface area (Å²) in [6, 6.07) is 8.12. The number of ether oxygens (including phenoxy) is 5. The SMILES string of the molecule is C=CCOc1c(Br)cc(/C=c2\sc3n(c2=O)C(c2ccc(OC)c(OC)c2)C(C(=O)OCC)=C(C)N=3)cc1OC. The lowest BCUT2D eigenvalue weighted by Crippen LogP contribution is -2.40. The van der Waals surface area contributed by atoms with E-state index in [-0.39, 0.29) is 17.7 Å². The van der Waals surface area contributed by atoms with Gasteiger partial charge in [-0.2, -0.15) is 0 Å². The van der Waals surface area contributed by atoms with Crippen molar-refractivity contribution in [3.63, 3.8) is 0 Å². The zero-order valence-corrected chi connectivity index (χ0v) is 25.2. The van der Waals surface area contributed by atoms with Crippen LogP contribution in [0.15, 0.2) is 68.5 Å². The molecule has 0 aliphatic carbocycles. The highest BCUT2D eigenvalue weighted by Gasteiger charge is 2.34. The van der Waals surface area contributed by atoms with Crippen LogP contribution in [-0.2, 0) is 9.53 Å². The van der Waals surface area contributed by atoms with Crippen LogP contribution in [0.1, 0.15) is 31.0 Å². The highest BCUT2D eigenvalue weighted by Crippen LogP contribution is 2.38. The van der Waals surface area contributed by atoms with Gasteiger partial charge < -0.3 is 23.7 Å². The molecule has 0 saturated carbocycles. The minimum Gasteiger partial charge on any atom is -0.493 e. The Hall–Kier alpha value is -3.83. The molecule has 1 aliphatic heterocycles. The van der Waals surface area contributed by atoms with E-state index in [0.29, 0.717) is 60.2 Å². The second kappa shape index (κ2) is 12.6. The number of benzene rings is 2. The van der Waals surface area contributed by atoms with Gasteiger partial charge in [0.1, 0.15) is 6.61 Å². The van der Waals surface area contributed by atoms with Gasteiger partial charge in [-0.3, -0.25) is 9.36 Å². The summed E-state index contributed by atoms with van der Waals surface area (Å²) in [5.41, 5.74) is 1.81. The molecule has 40 heavy (non-hydrogen) atoms. The molecule has 0 radical (unpaired) electrons. The Morgan fingerprint density at radius 3 is 2.50 bits per heavy atom. The molecule has 1 aromatic heterocycles. The van der Waals surface area contributed by atoms with E-state index in [9.17, 15) is 9.59 Å². The fourth-order valence-electron chi connectivity index (χ4n) is 4.39. The number of aromatic nitrogens is 1. The van der Waals surface area contributed by atoms with Crippen molar-refractivity contribution in [2.75, 3.05) is 34.5 Å². The largest absolute Gasteiger partial charge is 0.493 e. The van der Waals surface area contributed by atoms with Crippen LogP contribution in [0, 0.1) is 0 Å². The van der Waals surface area contributed by atoms with E-state index < -0.39 is 12.0 Å². The van der Waals surface area contributed by atoms with E-state index in [1.165, 1.54) is 23.0 Å². The summed E-state index contributed by atoms with van der Waals surface area (Å²) >= 11 is 4.76. The average Bonchev–Trinajstić information content (AvgIpc) is 3.24. The van der Waals surface area contributed by atoms with Gasteiger partial charge in [-0.05, 0) is 71.2 Å². The van der Waals surface area contributed by atoms with E-state index in [4.69, 9.17) is 23.7 Å². The Balaban J connectivity index is 1.93. The van der Waals surface area contributed by atoms with E-state index in [1.807, 2.05) is 6.07 Å². The third-order valence-electron chi connectivity index (χ3n) is 6.14. The number of methoxy groups -OCH3 is 3. The third-order valence-corrected chi connectivity index (χ3v) is 7.71. The maximum absolute atomic E-state index is 13.9. The van der Waals surface area contributed by atoms with Crippen molar-refractivity contribution < 1.29 is 28.5 Å². The van der Waals surface area contributed by atoms with Crippen molar-refractivity contribution in [3.8, 4) is 23.0 Å². The van der Waals surface area contributed by atoms with Gasteiger partial charge in [0.2, 0.25) is 0 Å². The number of allylic oxidation sites excluding steroid dienone is 1. The molecule has 0 bridgehead atoms. The molecular weight excluding hydrogens is 600 g/mol. The molecule has 0 spiro atoms. The molecule has 210 valence electrons. The molecule has 4 rings (SSSR count). The Kier molecular flexibility index (Phi) is 9.16. The number of halogens is 1. The average molecular weight is 630 g/mol. The summed E-state index contributed by atoms with van der Waals surface area (Å²) in [6.07, 6.45) is 3.39. The molecule has 0 amide bonds. The van der Waals surface area contributed by atoms with Gasteiger partial charge >= 0.3 is 5.97 Å². The van der Waals surface area contributed by atoms with Gasteiger partial charge in [-0.25, -0.2) is 9.79 Å². The van der Waals surface area contributed by atoms with Gasteiger partial charge in [0.25, 0.3) is 5.56 Å². The Morgan fingerprint density at radius 1 is 1.12 bits per heavy atom. The standard InChI is InChI=1S/C29H29BrN2O7S/c1-7-11-39-26-19(30)12-17(13-22(26)37-6)14-23-27(33)32-25(18-9-10-20(35-4)21(15-18)36-5)24(28(34)38-8-2)16(3)31-29(32)40-23/h7,9-10,12-15,25H,1,8,11H2,2-6H3/b23-14-. The van der Waals surface area contributed by atoms with E-state index in [1.54, 1.807) is 64.5 Å². The van der Waals surface area contributed by atoms with Crippen molar-refractivity contribution in [1.29, 1.82) is 0 Å². The zero-order valence-electron chi connectivity index (χ0n) is 22.8. The summed E-state index contributed by atoms with van der Waals surface area (Å²) in [7, 11) is 4.61. The van der Waals surface area contributed by atoms with Crippen LogP contribution < -0.4 is 33.8 Å². The quantitative estimate of drug-likeness (QED) is 0.246. The number of nitrogens with zero attached hydrogens (tertiary/aromatic N) is 2. The summed E-state index contributed by atoms with van der Waals surface area (Å²) in [5, 5.41) is 0. The van der Waals surface area contributed by atoms with Crippen molar-refractivity contribution in [2.45, 2.75) is 19.9 Å². The predicted molar refractivity (Wildman–Crippen MR) is 156 cm³/mol. The molecule has 1 unspecified atom stereocenters. The van der Waals surface area contributed by atoms with E-state index in [0.717, 1.165) is 0 Å². The summed E-state index contributed by atoms with van der Waals surface area (Å²) < 4.78 is 30.1. The maximum Gasteiger partial charge on any atom is 0.338 e. The molecule has 0 fully saturated rings. The topological polar surface area (TPSA) is 97.6 Å². The first-order chi connectivity index (χ1) is 19.3. The second-order valence-electron chi connectivity index (χ2n) is 8.55. The lowest BCUT2D eigenvalue weighted by Gasteiger charge is -2.25. The zero-order chi connectivity index (χ0) is 29.0. The van der Waals surface area contributed by atoms with Crippen LogP contribution in [0.2, 0.25) is 0 Å². The van der Waals surface area contributed by atoms with Crippen molar-refractivity contribution in [3.05, 3.63) is 89.5 Å². The second-order valence-corrected chi connectivity index (χ2v) is 10.4. The van der Waals surface area contributed by atoms with E-state index >= 15 is 0 Å². The molecule has 2 aromatic carbocycles. The minimum absolute atomic E-state index is 0.182. The van der Waals surface area contributed by atoms with E-state index in [2.05, 4.69) is 27.5 Å². The Bertz CT molecular complexity index is 1670. The number of thiazole rings is 1. The first kappa shape index (κ1) is 29.2. The summed E-state index contributed by atoms with van der Waals surface area (Å²) in [6.45, 7) is 7.64. The fraction of sp³-hybridized carbons (Fsp3) is 0.276. The summed E-state index contributed by atoms with van der Waals surface area (Å²) in [4.78, 5) is 32.2. The van der Waals surface area contributed by atoms with Crippen molar-refractivity contribution >= 4 is 39.3 Å². The highest BCUT2D eigenvalue weighted by atomic mass is 79.9. The van der Waals surface area contributed by atoms with Crippen LogP contribution >= 0.6 is 27.3 Å². The summed E-state index contributed by atoms with van der Waals surface area (Å²) in [5.74, 6) is 1.48. The number of hydrogen-bond donors (Lipinski definition) is 0. The lowest BCUT2D eigenvalue weighted by molar-refractivity contribution is -0.139.